The molecule has 10 heteroatoms. The van der Waals surface area contributed by atoms with Crippen LogP contribution in [0.1, 0.15) is 92.7 Å². The summed E-state index contributed by atoms with van der Waals surface area (Å²) in [5, 5.41) is 8.67. The van der Waals surface area contributed by atoms with Gasteiger partial charge in [-0.25, -0.2) is 4.79 Å². The zero-order chi connectivity index (χ0) is 35.4. The van der Waals surface area contributed by atoms with E-state index in [4.69, 9.17) is 9.47 Å². The minimum Gasteiger partial charge on any atom is -0.488 e. The Balaban J connectivity index is 2.10. The van der Waals surface area contributed by atoms with Crippen LogP contribution in [0.5, 0.6) is 5.75 Å². The third-order valence-corrected chi connectivity index (χ3v) is 7.15. The van der Waals surface area contributed by atoms with Crippen molar-refractivity contribution in [2.24, 2.45) is 5.92 Å². The van der Waals surface area contributed by atoms with Crippen molar-refractivity contribution in [3.8, 4) is 5.75 Å². The van der Waals surface area contributed by atoms with Gasteiger partial charge in [-0.1, -0.05) is 44.2 Å². The lowest BCUT2D eigenvalue weighted by molar-refractivity contribution is -0.129. The van der Waals surface area contributed by atoms with Crippen LogP contribution in [0.15, 0.2) is 48.5 Å². The maximum atomic E-state index is 13.7. The first-order valence-electron chi connectivity index (χ1n) is 16.5. The molecule has 3 N–H and O–H groups in total. The number of hydrogen-bond donors (Lipinski definition) is 3. The summed E-state index contributed by atoms with van der Waals surface area (Å²) in [5.74, 6) is 0.343. The highest BCUT2D eigenvalue weighted by Gasteiger charge is 2.32. The molecule has 2 aromatic carbocycles. The first-order chi connectivity index (χ1) is 21.8. The first-order valence-corrected chi connectivity index (χ1v) is 16.5. The smallest absolute Gasteiger partial charge is 0.410 e. The largest absolute Gasteiger partial charge is 0.488 e. The van der Waals surface area contributed by atoms with Crippen LogP contribution in [0.4, 0.5) is 10.5 Å². The number of likely N-dealkylation sites (N-methyl/N-ethyl adjacent to an activating group) is 1. The average Bonchev–Trinajstić information content (AvgIpc) is 2.95. The highest BCUT2D eigenvalue weighted by molar-refractivity contribution is 5.98. The molecule has 47 heavy (non-hydrogen) atoms. The Morgan fingerprint density at radius 2 is 1.49 bits per heavy atom. The lowest BCUT2D eigenvalue weighted by atomic mass is 10.0. The molecular weight excluding hydrogens is 596 g/mol. The van der Waals surface area contributed by atoms with E-state index in [1.807, 2.05) is 63.2 Å². The number of benzene rings is 2. The van der Waals surface area contributed by atoms with Gasteiger partial charge in [0.15, 0.2) is 0 Å². The third kappa shape index (κ3) is 14.9. The molecule has 2 rings (SSSR count). The lowest BCUT2D eigenvalue weighted by Gasteiger charge is -2.31. The monoisotopic (exact) mass is 652 g/mol. The predicted octanol–water partition coefficient (Wildman–Crippen LogP) is 6.27. The van der Waals surface area contributed by atoms with E-state index >= 15 is 0 Å². The molecular formula is C37H56N4O6. The number of aryl methyl sites for hydroxylation is 1. The highest BCUT2D eigenvalue weighted by atomic mass is 16.6. The molecule has 0 saturated carbocycles. The van der Waals surface area contributed by atoms with Crippen LogP contribution in [0, 0.1) is 5.92 Å². The summed E-state index contributed by atoms with van der Waals surface area (Å²) < 4.78 is 11.5. The molecule has 0 radical (unpaired) electrons. The quantitative estimate of drug-likeness (QED) is 0.208. The summed E-state index contributed by atoms with van der Waals surface area (Å²) >= 11 is 0. The summed E-state index contributed by atoms with van der Waals surface area (Å²) in [7, 11) is 1.51. The van der Waals surface area contributed by atoms with Gasteiger partial charge in [0.25, 0.3) is 0 Å². The molecule has 2 aromatic rings. The number of carbonyl (C=O) groups is 4. The van der Waals surface area contributed by atoms with Crippen molar-refractivity contribution >= 4 is 29.5 Å². The Bertz CT molecular complexity index is 1330. The molecule has 2 atom stereocenters. The van der Waals surface area contributed by atoms with Gasteiger partial charge in [-0.05, 0) is 103 Å². The van der Waals surface area contributed by atoms with Gasteiger partial charge in [0, 0.05) is 32.1 Å². The van der Waals surface area contributed by atoms with Crippen LogP contribution in [-0.2, 0) is 32.0 Å². The molecule has 0 aliphatic rings. The number of nitrogens with zero attached hydrogens (tertiary/aromatic N) is 1. The van der Waals surface area contributed by atoms with Crippen LogP contribution in [0.3, 0.4) is 0 Å². The molecule has 260 valence electrons. The molecule has 10 nitrogen and oxygen atoms in total. The van der Waals surface area contributed by atoms with Crippen LogP contribution < -0.4 is 20.7 Å². The van der Waals surface area contributed by atoms with Crippen molar-refractivity contribution < 1.29 is 28.7 Å². The van der Waals surface area contributed by atoms with Gasteiger partial charge in [-0.15, -0.1) is 0 Å². The second-order valence-electron chi connectivity index (χ2n) is 14.4. The van der Waals surface area contributed by atoms with Gasteiger partial charge >= 0.3 is 6.09 Å². The van der Waals surface area contributed by atoms with E-state index in [-0.39, 0.29) is 17.9 Å². The molecule has 0 fully saturated rings. The fourth-order valence-electron chi connectivity index (χ4n) is 4.64. The molecule has 4 amide bonds. The second kappa shape index (κ2) is 17.7. The fourth-order valence-corrected chi connectivity index (χ4v) is 4.64. The van der Waals surface area contributed by atoms with Crippen molar-refractivity contribution in [1.82, 2.24) is 15.5 Å². The molecule has 0 unspecified atom stereocenters. The Kier molecular flexibility index (Phi) is 14.8. The number of hydrogen-bond acceptors (Lipinski definition) is 6. The van der Waals surface area contributed by atoms with Crippen LogP contribution in [0.2, 0.25) is 0 Å². The summed E-state index contributed by atoms with van der Waals surface area (Å²) in [4.78, 5) is 53.4. The zero-order valence-electron chi connectivity index (χ0n) is 30.0. The minimum atomic E-state index is -0.951. The van der Waals surface area contributed by atoms with E-state index in [2.05, 4.69) is 29.8 Å². The van der Waals surface area contributed by atoms with Gasteiger partial charge in [-0.3, -0.25) is 19.3 Å². The summed E-state index contributed by atoms with van der Waals surface area (Å²) in [6.45, 7) is 17.7. The van der Waals surface area contributed by atoms with Gasteiger partial charge in [0.1, 0.15) is 29.0 Å². The van der Waals surface area contributed by atoms with E-state index in [1.165, 1.54) is 11.9 Å². The molecule has 0 spiro atoms. The lowest BCUT2D eigenvalue weighted by Crippen LogP contribution is -2.53. The number of ether oxygens (including phenoxy) is 2. The molecule has 0 bridgehead atoms. The molecule has 0 saturated heterocycles. The van der Waals surface area contributed by atoms with E-state index < -0.39 is 35.6 Å². The number of carbonyl (C=O) groups excluding carboxylic acids is 4. The fraction of sp³-hybridized carbons (Fsp3) is 0.568. The van der Waals surface area contributed by atoms with E-state index in [0.29, 0.717) is 43.2 Å². The number of nitrogens with one attached hydrogen (secondary N) is 3. The van der Waals surface area contributed by atoms with E-state index in [9.17, 15) is 19.2 Å². The average molecular weight is 653 g/mol. The van der Waals surface area contributed by atoms with Crippen LogP contribution in [-0.4, -0.2) is 65.6 Å². The maximum Gasteiger partial charge on any atom is 0.410 e. The Labute approximate surface area is 281 Å². The number of rotatable bonds is 15. The molecule has 0 heterocycles. The predicted molar refractivity (Wildman–Crippen MR) is 186 cm³/mol. The van der Waals surface area contributed by atoms with Crippen molar-refractivity contribution in [3.63, 3.8) is 0 Å². The first kappa shape index (κ1) is 39.1. The summed E-state index contributed by atoms with van der Waals surface area (Å²) in [5.41, 5.74) is 1.22. The zero-order valence-corrected chi connectivity index (χ0v) is 30.0. The van der Waals surface area contributed by atoms with E-state index in [0.717, 1.165) is 17.5 Å². The van der Waals surface area contributed by atoms with Gasteiger partial charge < -0.3 is 25.4 Å². The van der Waals surface area contributed by atoms with Gasteiger partial charge in [0.2, 0.25) is 17.7 Å². The summed E-state index contributed by atoms with van der Waals surface area (Å²) in [6, 6.07) is 12.9. The second-order valence-corrected chi connectivity index (χ2v) is 14.4. The molecule has 0 aliphatic carbocycles. The summed E-state index contributed by atoms with van der Waals surface area (Å²) in [6.07, 6.45) is 2.12. The van der Waals surface area contributed by atoms with Crippen molar-refractivity contribution in [1.29, 1.82) is 0 Å². The standard InChI is InChI=1S/C37H56N4O6/c1-25(2)22-23-38-32(42)17-13-15-28-14-11-12-16-30(28)40-33(43)26(3)39-34(44)31(41(10)35(45)47-37(7,8)9)24-27-18-20-29(21-19-27)46-36(4,5)6/h11-12,14,16,18-21,25-26,31H,13,15,17,22-24H2,1-10H3,(H,38,42)(H,39,44)(H,40,43)/t26-,31+/m1/s1. The van der Waals surface area contributed by atoms with Gasteiger partial charge in [0.05, 0.1) is 0 Å². The number of amides is 4. The Morgan fingerprint density at radius 1 is 0.851 bits per heavy atom. The van der Waals surface area contributed by atoms with Crippen LogP contribution >= 0.6 is 0 Å². The van der Waals surface area contributed by atoms with Crippen molar-refractivity contribution in [2.75, 3.05) is 18.9 Å². The minimum absolute atomic E-state index is 0.0172. The number of anilines is 1. The molecule has 0 aromatic heterocycles. The van der Waals surface area contributed by atoms with Gasteiger partial charge in [-0.2, -0.15) is 0 Å². The third-order valence-electron chi connectivity index (χ3n) is 7.15. The Morgan fingerprint density at radius 3 is 2.09 bits per heavy atom. The molecule has 0 aliphatic heterocycles. The Hall–Kier alpha value is -4.08. The SMILES string of the molecule is CC(C)CCNC(=O)CCCc1ccccc1NC(=O)[C@@H](C)NC(=O)[C@H](Cc1ccc(OC(C)(C)C)cc1)N(C)C(=O)OC(C)(C)C. The van der Waals surface area contributed by atoms with Crippen molar-refractivity contribution in [3.05, 3.63) is 59.7 Å². The van der Waals surface area contributed by atoms with Crippen molar-refractivity contribution in [2.45, 2.75) is 118 Å². The normalized spacial score (nSPS) is 12.9. The van der Waals surface area contributed by atoms with Crippen LogP contribution in [0.25, 0.3) is 0 Å². The highest BCUT2D eigenvalue weighted by Crippen LogP contribution is 2.21. The topological polar surface area (TPSA) is 126 Å². The van der Waals surface area contributed by atoms with E-state index in [1.54, 1.807) is 33.8 Å². The maximum absolute atomic E-state index is 13.7. The number of para-hydroxylation sites is 1.